The number of benzene rings is 2. The van der Waals surface area contributed by atoms with E-state index in [1.807, 2.05) is 42.5 Å². The fourth-order valence-corrected chi connectivity index (χ4v) is 3.67. The zero-order valence-corrected chi connectivity index (χ0v) is 16.0. The topological polar surface area (TPSA) is 52.9 Å². The summed E-state index contributed by atoms with van der Waals surface area (Å²) in [7, 11) is 0. The molecule has 0 aliphatic carbocycles. The van der Waals surface area contributed by atoms with Gasteiger partial charge in [-0.05, 0) is 50.4 Å². The minimum absolute atomic E-state index is 0.249. The molecule has 2 atom stereocenters. The van der Waals surface area contributed by atoms with Crippen LogP contribution in [-0.4, -0.2) is 47.5 Å². The Bertz CT molecular complexity index is 670. The maximum absolute atomic E-state index is 10.6. The third-order valence-electron chi connectivity index (χ3n) is 5.18. The van der Waals surface area contributed by atoms with Gasteiger partial charge in [-0.15, -0.1) is 0 Å². The van der Waals surface area contributed by atoms with Crippen LogP contribution in [0.25, 0.3) is 0 Å². The lowest BCUT2D eigenvalue weighted by Crippen LogP contribution is -2.38. The molecule has 1 fully saturated rings. The molecule has 4 nitrogen and oxygen atoms in total. The normalized spacial score (nSPS) is 17.4. The van der Waals surface area contributed by atoms with Crippen LogP contribution >= 0.6 is 0 Å². The molecular formula is C23H31NO3. The van der Waals surface area contributed by atoms with Crippen LogP contribution in [0.3, 0.4) is 0 Å². The van der Waals surface area contributed by atoms with Crippen LogP contribution in [0.2, 0.25) is 0 Å². The number of nitrogens with zero attached hydrogens (tertiary/aromatic N) is 1. The zero-order chi connectivity index (χ0) is 18.9. The van der Waals surface area contributed by atoms with E-state index in [1.165, 1.54) is 24.8 Å². The van der Waals surface area contributed by atoms with Crippen LogP contribution in [-0.2, 0) is 6.42 Å². The number of aliphatic hydroxyl groups excluding tert-OH is 2. The largest absolute Gasteiger partial charge is 0.490 e. The SMILES string of the molecule is O[C@H](COc1ccccc1[C@@H](O)CCc1ccccc1)CN1CCCCC1. The van der Waals surface area contributed by atoms with Crippen molar-refractivity contribution in [1.29, 1.82) is 0 Å². The van der Waals surface area contributed by atoms with Gasteiger partial charge < -0.3 is 19.8 Å². The fraction of sp³-hybridized carbons (Fsp3) is 0.478. The number of aliphatic hydroxyl groups is 2. The summed E-state index contributed by atoms with van der Waals surface area (Å²) in [6.07, 6.45) is 4.07. The Labute approximate surface area is 162 Å². The first-order valence-corrected chi connectivity index (χ1v) is 10.1. The number of rotatable bonds is 9. The van der Waals surface area contributed by atoms with E-state index in [1.54, 1.807) is 0 Å². The number of hydrogen-bond donors (Lipinski definition) is 2. The highest BCUT2D eigenvalue weighted by Gasteiger charge is 2.17. The Morgan fingerprint density at radius 3 is 2.37 bits per heavy atom. The van der Waals surface area contributed by atoms with Gasteiger partial charge in [0.15, 0.2) is 0 Å². The van der Waals surface area contributed by atoms with Gasteiger partial charge in [0.2, 0.25) is 0 Å². The van der Waals surface area contributed by atoms with E-state index >= 15 is 0 Å². The summed E-state index contributed by atoms with van der Waals surface area (Å²) >= 11 is 0. The average molecular weight is 370 g/mol. The van der Waals surface area contributed by atoms with Crippen molar-refractivity contribution in [2.75, 3.05) is 26.2 Å². The third kappa shape index (κ3) is 6.35. The molecule has 0 aromatic heterocycles. The Hall–Kier alpha value is -1.88. The summed E-state index contributed by atoms with van der Waals surface area (Å²) in [4.78, 5) is 2.30. The highest BCUT2D eigenvalue weighted by molar-refractivity contribution is 5.35. The second-order valence-electron chi connectivity index (χ2n) is 7.40. The van der Waals surface area contributed by atoms with Crippen molar-refractivity contribution in [2.45, 2.75) is 44.3 Å². The van der Waals surface area contributed by atoms with Gasteiger partial charge in [-0.2, -0.15) is 0 Å². The number of ether oxygens (including phenoxy) is 1. The van der Waals surface area contributed by atoms with E-state index in [0.29, 0.717) is 18.7 Å². The van der Waals surface area contributed by atoms with Crippen LogP contribution in [0, 0.1) is 0 Å². The van der Waals surface area contributed by atoms with Crippen molar-refractivity contribution in [3.63, 3.8) is 0 Å². The van der Waals surface area contributed by atoms with Gasteiger partial charge >= 0.3 is 0 Å². The second kappa shape index (κ2) is 10.5. The highest BCUT2D eigenvalue weighted by Crippen LogP contribution is 2.28. The highest BCUT2D eigenvalue weighted by atomic mass is 16.5. The average Bonchev–Trinajstić information content (AvgIpc) is 2.72. The number of piperidine rings is 1. The molecule has 2 aromatic rings. The predicted molar refractivity (Wildman–Crippen MR) is 108 cm³/mol. The van der Waals surface area contributed by atoms with Gasteiger partial charge in [-0.3, -0.25) is 0 Å². The first kappa shape index (κ1) is 19.9. The fourth-order valence-electron chi connectivity index (χ4n) is 3.67. The molecule has 1 aliphatic rings. The van der Waals surface area contributed by atoms with E-state index in [4.69, 9.17) is 4.74 Å². The minimum atomic E-state index is -0.583. The van der Waals surface area contributed by atoms with Crippen molar-refractivity contribution in [3.8, 4) is 5.75 Å². The number of para-hydroxylation sites is 1. The van der Waals surface area contributed by atoms with Gasteiger partial charge in [-0.25, -0.2) is 0 Å². The molecule has 1 saturated heterocycles. The van der Waals surface area contributed by atoms with Crippen molar-refractivity contribution in [1.82, 2.24) is 4.90 Å². The van der Waals surface area contributed by atoms with E-state index in [9.17, 15) is 10.2 Å². The Kier molecular flexibility index (Phi) is 7.69. The van der Waals surface area contributed by atoms with Crippen LogP contribution < -0.4 is 4.74 Å². The molecule has 0 unspecified atom stereocenters. The molecule has 0 amide bonds. The second-order valence-corrected chi connectivity index (χ2v) is 7.40. The molecule has 0 saturated carbocycles. The van der Waals surface area contributed by atoms with Crippen LogP contribution in [0.1, 0.15) is 42.9 Å². The molecule has 1 aliphatic heterocycles. The molecular weight excluding hydrogens is 338 g/mol. The molecule has 4 heteroatoms. The molecule has 0 radical (unpaired) electrons. The first-order valence-electron chi connectivity index (χ1n) is 10.1. The Morgan fingerprint density at radius 1 is 0.889 bits per heavy atom. The maximum Gasteiger partial charge on any atom is 0.125 e. The summed E-state index contributed by atoms with van der Waals surface area (Å²) in [5.74, 6) is 0.663. The molecule has 146 valence electrons. The lowest BCUT2D eigenvalue weighted by Gasteiger charge is -2.28. The van der Waals surface area contributed by atoms with Gasteiger partial charge in [0.05, 0.1) is 6.10 Å². The summed E-state index contributed by atoms with van der Waals surface area (Å²) < 4.78 is 5.88. The summed E-state index contributed by atoms with van der Waals surface area (Å²) in [6, 6.07) is 17.8. The van der Waals surface area contributed by atoms with E-state index in [-0.39, 0.29) is 6.61 Å². The van der Waals surface area contributed by atoms with E-state index in [2.05, 4.69) is 17.0 Å². The van der Waals surface area contributed by atoms with E-state index in [0.717, 1.165) is 25.1 Å². The Morgan fingerprint density at radius 2 is 1.59 bits per heavy atom. The summed E-state index contributed by atoms with van der Waals surface area (Å²) in [5, 5.41) is 21.0. The number of hydrogen-bond acceptors (Lipinski definition) is 4. The Balaban J connectivity index is 1.51. The predicted octanol–water partition coefficient (Wildman–Crippen LogP) is 3.58. The number of aryl methyl sites for hydroxylation is 1. The standard InChI is InChI=1S/C23H31NO3/c25-20(17-24-15-7-2-8-16-24)18-27-23-12-6-5-11-21(23)22(26)14-13-19-9-3-1-4-10-19/h1,3-6,9-12,20,22,25-26H,2,7-8,13-18H2/t20-,22-/m0/s1. The zero-order valence-electron chi connectivity index (χ0n) is 16.0. The van der Waals surface area contributed by atoms with Crippen molar-refractivity contribution < 1.29 is 14.9 Å². The van der Waals surface area contributed by atoms with Gasteiger partial charge in [-0.1, -0.05) is 55.0 Å². The molecule has 0 spiro atoms. The molecule has 1 heterocycles. The van der Waals surface area contributed by atoms with Gasteiger partial charge in [0.1, 0.15) is 18.5 Å². The van der Waals surface area contributed by atoms with Crippen molar-refractivity contribution >= 4 is 0 Å². The molecule has 3 rings (SSSR count). The first-order chi connectivity index (χ1) is 13.2. The smallest absolute Gasteiger partial charge is 0.125 e. The number of β-amino-alcohol motifs (C(OH)–C–C–N with tert-alkyl or cyclic N) is 1. The summed E-state index contributed by atoms with van der Waals surface area (Å²) in [6.45, 7) is 3.02. The van der Waals surface area contributed by atoms with Crippen molar-refractivity contribution in [2.24, 2.45) is 0 Å². The maximum atomic E-state index is 10.6. The lowest BCUT2D eigenvalue weighted by atomic mass is 10.0. The van der Waals surface area contributed by atoms with Crippen molar-refractivity contribution in [3.05, 3.63) is 65.7 Å². The molecule has 27 heavy (non-hydrogen) atoms. The quantitative estimate of drug-likeness (QED) is 0.709. The molecule has 2 N–H and O–H groups in total. The van der Waals surface area contributed by atoms with Gasteiger partial charge in [0.25, 0.3) is 0 Å². The van der Waals surface area contributed by atoms with Crippen LogP contribution in [0.15, 0.2) is 54.6 Å². The minimum Gasteiger partial charge on any atom is -0.490 e. The molecule has 2 aromatic carbocycles. The number of likely N-dealkylation sites (tertiary alicyclic amines) is 1. The monoisotopic (exact) mass is 369 g/mol. The van der Waals surface area contributed by atoms with Crippen LogP contribution in [0.4, 0.5) is 0 Å². The summed E-state index contributed by atoms with van der Waals surface area (Å²) in [5.41, 5.74) is 2.01. The molecule has 0 bridgehead atoms. The lowest BCUT2D eigenvalue weighted by molar-refractivity contribution is 0.0599. The van der Waals surface area contributed by atoms with Crippen LogP contribution in [0.5, 0.6) is 5.75 Å². The van der Waals surface area contributed by atoms with E-state index < -0.39 is 12.2 Å². The van der Waals surface area contributed by atoms with Gasteiger partial charge in [0, 0.05) is 12.1 Å². The third-order valence-corrected chi connectivity index (χ3v) is 5.18.